The van der Waals surface area contributed by atoms with Crippen LogP contribution in [0, 0.1) is 0 Å². The number of hydrogen-bond donors (Lipinski definition) is 1. The van der Waals surface area contributed by atoms with E-state index in [0.717, 1.165) is 41.5 Å². The van der Waals surface area contributed by atoms with Crippen LogP contribution in [-0.2, 0) is 12.8 Å². The first kappa shape index (κ1) is 16.2. The number of aromatic hydroxyl groups is 1. The molecule has 0 bridgehead atoms. The number of fused-ring (bicyclic) bond motifs is 3. The molecule has 0 unspecified atom stereocenters. The molecule has 0 fully saturated rings. The molecule has 1 N–H and O–H groups in total. The zero-order valence-electron chi connectivity index (χ0n) is 14.0. The van der Waals surface area contributed by atoms with Gasteiger partial charge in [0.25, 0.3) is 0 Å². The van der Waals surface area contributed by atoms with Gasteiger partial charge in [-0.2, -0.15) is 0 Å². The van der Waals surface area contributed by atoms with E-state index in [1.165, 1.54) is 0 Å². The van der Waals surface area contributed by atoms with Crippen LogP contribution in [0.3, 0.4) is 0 Å². The summed E-state index contributed by atoms with van der Waals surface area (Å²) in [5.74, 6) is 1.72. The summed E-state index contributed by atoms with van der Waals surface area (Å²) in [6.45, 7) is 0. The third kappa shape index (κ3) is 2.46. The first-order valence-corrected chi connectivity index (χ1v) is 7.77. The molecule has 24 heavy (non-hydrogen) atoms. The van der Waals surface area contributed by atoms with Crippen molar-refractivity contribution >= 4 is 6.29 Å². The average molecular weight is 328 g/mol. The predicted molar refractivity (Wildman–Crippen MR) is 90.6 cm³/mol. The van der Waals surface area contributed by atoms with Crippen LogP contribution in [0.4, 0.5) is 0 Å². The van der Waals surface area contributed by atoms with Crippen LogP contribution in [-0.4, -0.2) is 32.7 Å². The second kappa shape index (κ2) is 6.43. The van der Waals surface area contributed by atoms with E-state index >= 15 is 0 Å². The average Bonchev–Trinajstić information content (AvgIpc) is 2.77. The Kier molecular flexibility index (Phi) is 4.34. The Labute approximate surface area is 140 Å². The molecule has 126 valence electrons. The Morgan fingerprint density at radius 2 is 1.67 bits per heavy atom. The first-order valence-electron chi connectivity index (χ1n) is 7.77. The number of benzene rings is 2. The summed E-state index contributed by atoms with van der Waals surface area (Å²) < 4.78 is 16.6. The van der Waals surface area contributed by atoms with Gasteiger partial charge in [-0.1, -0.05) is 0 Å². The zero-order valence-corrected chi connectivity index (χ0v) is 14.0. The molecule has 0 aromatic heterocycles. The van der Waals surface area contributed by atoms with Gasteiger partial charge in [0, 0.05) is 5.56 Å². The standard InChI is InChI=1S/C19H20O5/c1-22-16-9-12-6-4-5-11-8-15(21)13(10-20)7-14(11)17(12)19(24-3)18(16)23-2/h7-10,21H,4-6H2,1-3H3. The van der Waals surface area contributed by atoms with E-state index in [9.17, 15) is 9.90 Å². The maximum atomic E-state index is 11.3. The molecule has 0 radical (unpaired) electrons. The SMILES string of the molecule is COc1cc2c(c(OC)c1OC)-c1cc(C=O)c(O)cc1CCC2. The van der Waals surface area contributed by atoms with Crippen LogP contribution < -0.4 is 14.2 Å². The summed E-state index contributed by atoms with van der Waals surface area (Å²) in [5.41, 5.74) is 4.11. The maximum absolute atomic E-state index is 11.3. The lowest BCUT2D eigenvalue weighted by Crippen LogP contribution is -2.01. The topological polar surface area (TPSA) is 65.0 Å². The van der Waals surface area contributed by atoms with Gasteiger partial charge in [-0.25, -0.2) is 0 Å². The number of phenols is 1. The molecular formula is C19H20O5. The molecule has 5 heteroatoms. The highest BCUT2D eigenvalue weighted by Crippen LogP contribution is 2.49. The highest BCUT2D eigenvalue weighted by molar-refractivity contribution is 5.88. The van der Waals surface area contributed by atoms with Crippen molar-refractivity contribution in [1.82, 2.24) is 0 Å². The molecule has 0 saturated carbocycles. The molecule has 1 aliphatic rings. The van der Waals surface area contributed by atoms with Crippen LogP contribution in [0.15, 0.2) is 18.2 Å². The molecule has 2 aromatic carbocycles. The summed E-state index contributed by atoms with van der Waals surface area (Å²) in [6, 6.07) is 5.35. The van der Waals surface area contributed by atoms with Crippen molar-refractivity contribution in [2.75, 3.05) is 21.3 Å². The second-order valence-electron chi connectivity index (χ2n) is 5.72. The number of aldehydes is 1. The molecule has 5 nitrogen and oxygen atoms in total. The Morgan fingerprint density at radius 1 is 0.958 bits per heavy atom. The van der Waals surface area contributed by atoms with Crippen LogP contribution in [0.1, 0.15) is 27.9 Å². The Morgan fingerprint density at radius 3 is 2.29 bits per heavy atom. The number of carbonyl (C=O) groups excluding carboxylic acids is 1. The van der Waals surface area contributed by atoms with Crippen molar-refractivity contribution in [3.8, 4) is 34.1 Å². The van der Waals surface area contributed by atoms with Gasteiger partial charge in [0.05, 0.1) is 26.9 Å². The minimum Gasteiger partial charge on any atom is -0.507 e. The largest absolute Gasteiger partial charge is 0.507 e. The van der Waals surface area contributed by atoms with Gasteiger partial charge in [-0.05, 0) is 54.2 Å². The second-order valence-corrected chi connectivity index (χ2v) is 5.72. The van der Waals surface area contributed by atoms with Gasteiger partial charge in [-0.15, -0.1) is 0 Å². The number of carbonyl (C=O) groups is 1. The molecule has 0 spiro atoms. The highest BCUT2D eigenvalue weighted by Gasteiger charge is 2.26. The minimum absolute atomic E-state index is 0.00615. The maximum Gasteiger partial charge on any atom is 0.203 e. The molecule has 2 aromatic rings. The molecular weight excluding hydrogens is 308 g/mol. The lowest BCUT2D eigenvalue weighted by Gasteiger charge is -2.20. The van der Waals surface area contributed by atoms with E-state index in [-0.39, 0.29) is 11.3 Å². The highest BCUT2D eigenvalue weighted by atomic mass is 16.5. The molecule has 0 amide bonds. The number of aryl methyl sites for hydroxylation is 2. The first-order chi connectivity index (χ1) is 11.6. The number of ether oxygens (including phenoxy) is 3. The van der Waals surface area contributed by atoms with E-state index in [2.05, 4.69) is 0 Å². The Bertz CT molecular complexity index is 795. The molecule has 0 saturated heterocycles. The van der Waals surface area contributed by atoms with Crippen molar-refractivity contribution in [3.05, 3.63) is 34.9 Å². The molecule has 0 atom stereocenters. The van der Waals surface area contributed by atoms with E-state index < -0.39 is 0 Å². The fourth-order valence-corrected chi connectivity index (χ4v) is 3.35. The quantitative estimate of drug-likeness (QED) is 0.872. The van der Waals surface area contributed by atoms with Gasteiger partial charge in [0.2, 0.25) is 5.75 Å². The van der Waals surface area contributed by atoms with Crippen molar-refractivity contribution in [3.63, 3.8) is 0 Å². The Hall–Kier alpha value is -2.69. The van der Waals surface area contributed by atoms with Gasteiger partial charge < -0.3 is 19.3 Å². The molecule has 1 aliphatic carbocycles. The van der Waals surface area contributed by atoms with Crippen molar-refractivity contribution in [1.29, 1.82) is 0 Å². The lowest BCUT2D eigenvalue weighted by atomic mass is 9.93. The van der Waals surface area contributed by atoms with E-state index in [0.29, 0.717) is 23.5 Å². The Balaban J connectivity index is 2.38. The fourth-order valence-electron chi connectivity index (χ4n) is 3.35. The minimum atomic E-state index is 0.00615. The van der Waals surface area contributed by atoms with Crippen LogP contribution in [0.5, 0.6) is 23.0 Å². The van der Waals surface area contributed by atoms with Gasteiger partial charge >= 0.3 is 0 Å². The summed E-state index contributed by atoms with van der Waals surface area (Å²) >= 11 is 0. The summed E-state index contributed by atoms with van der Waals surface area (Å²) in [7, 11) is 4.75. The monoisotopic (exact) mass is 328 g/mol. The number of phenolic OH excluding ortho intramolecular Hbond substituents is 1. The summed E-state index contributed by atoms with van der Waals surface area (Å²) in [4.78, 5) is 11.3. The zero-order chi connectivity index (χ0) is 17.3. The van der Waals surface area contributed by atoms with Crippen molar-refractivity contribution in [2.45, 2.75) is 19.3 Å². The molecule has 3 rings (SSSR count). The fraction of sp³-hybridized carbons (Fsp3) is 0.316. The lowest BCUT2D eigenvalue weighted by molar-refractivity contribution is 0.112. The van der Waals surface area contributed by atoms with Crippen molar-refractivity contribution < 1.29 is 24.1 Å². The van der Waals surface area contributed by atoms with Gasteiger partial charge in [-0.3, -0.25) is 4.79 Å². The van der Waals surface area contributed by atoms with Gasteiger partial charge in [0.1, 0.15) is 5.75 Å². The van der Waals surface area contributed by atoms with Crippen LogP contribution >= 0.6 is 0 Å². The smallest absolute Gasteiger partial charge is 0.203 e. The van der Waals surface area contributed by atoms with Gasteiger partial charge in [0.15, 0.2) is 17.8 Å². The normalized spacial score (nSPS) is 12.6. The van der Waals surface area contributed by atoms with Crippen LogP contribution in [0.25, 0.3) is 11.1 Å². The van der Waals surface area contributed by atoms with Crippen LogP contribution in [0.2, 0.25) is 0 Å². The number of rotatable bonds is 4. The van der Waals surface area contributed by atoms with Crippen molar-refractivity contribution in [2.24, 2.45) is 0 Å². The summed E-state index contributed by atoms with van der Waals surface area (Å²) in [5, 5.41) is 10.0. The van der Waals surface area contributed by atoms with E-state index in [1.54, 1.807) is 33.5 Å². The summed E-state index contributed by atoms with van der Waals surface area (Å²) in [6.07, 6.45) is 3.24. The molecule has 0 heterocycles. The molecule has 0 aliphatic heterocycles. The number of methoxy groups -OCH3 is 3. The number of hydrogen-bond acceptors (Lipinski definition) is 5. The third-order valence-electron chi connectivity index (χ3n) is 4.45. The third-order valence-corrected chi connectivity index (χ3v) is 4.45. The predicted octanol–water partition coefficient (Wildman–Crippen LogP) is 3.39. The van der Waals surface area contributed by atoms with E-state index in [4.69, 9.17) is 14.2 Å². The van der Waals surface area contributed by atoms with E-state index in [1.807, 2.05) is 6.07 Å².